The van der Waals surface area contributed by atoms with Crippen molar-refractivity contribution < 1.29 is 9.53 Å². The van der Waals surface area contributed by atoms with Crippen LogP contribution in [-0.4, -0.2) is 31.5 Å². The first-order chi connectivity index (χ1) is 9.06. The van der Waals surface area contributed by atoms with Gasteiger partial charge in [-0.3, -0.25) is 4.79 Å². The summed E-state index contributed by atoms with van der Waals surface area (Å²) in [6, 6.07) is 5.99. The third-order valence-corrected chi connectivity index (χ3v) is 3.52. The van der Waals surface area contributed by atoms with Gasteiger partial charge in [0, 0.05) is 12.8 Å². The third kappa shape index (κ3) is 3.71. The van der Waals surface area contributed by atoms with E-state index in [2.05, 4.69) is 13.0 Å². The lowest BCUT2D eigenvalue weighted by Crippen LogP contribution is -2.42. The maximum Gasteiger partial charge on any atom is 0.242 e. The summed E-state index contributed by atoms with van der Waals surface area (Å²) in [5, 5.41) is 0. The average Bonchev–Trinajstić information content (AvgIpc) is 2.41. The van der Waals surface area contributed by atoms with E-state index in [0.29, 0.717) is 6.61 Å². The van der Waals surface area contributed by atoms with Gasteiger partial charge in [-0.15, -0.1) is 11.6 Å². The molecule has 4 heteroatoms. The molecule has 19 heavy (non-hydrogen) atoms. The maximum absolute atomic E-state index is 12.1. The standard InChI is InChI=1S/C15H22ClNO2/c1-5-13-7-6-8-14(12(13)3)17(15(18)9-16)11(2)10-19-4/h6-8,11H,5,9-10H2,1-4H3/t11-/m1/s1. The summed E-state index contributed by atoms with van der Waals surface area (Å²) < 4.78 is 5.16. The molecule has 0 saturated heterocycles. The SMILES string of the molecule is CCc1cccc(N(C(=O)CCl)[C@H](C)COC)c1C. The molecule has 1 atom stereocenters. The number of halogens is 1. The lowest BCUT2D eigenvalue weighted by molar-refractivity contribution is -0.116. The number of anilines is 1. The summed E-state index contributed by atoms with van der Waals surface area (Å²) >= 11 is 5.73. The second kappa shape index (κ2) is 7.51. The lowest BCUT2D eigenvalue weighted by atomic mass is 10.0. The van der Waals surface area contributed by atoms with Crippen molar-refractivity contribution >= 4 is 23.2 Å². The Hall–Kier alpha value is -1.06. The van der Waals surface area contributed by atoms with E-state index in [1.807, 2.05) is 26.0 Å². The Balaban J connectivity index is 3.21. The fourth-order valence-corrected chi connectivity index (χ4v) is 2.44. The molecule has 0 unspecified atom stereocenters. The van der Waals surface area contributed by atoms with Gasteiger partial charge in [-0.25, -0.2) is 0 Å². The Kier molecular flexibility index (Phi) is 6.32. The van der Waals surface area contributed by atoms with Crippen LogP contribution in [0.15, 0.2) is 18.2 Å². The number of nitrogens with zero attached hydrogens (tertiary/aromatic N) is 1. The molecular formula is C15H22ClNO2. The van der Waals surface area contributed by atoms with Crippen LogP contribution in [0, 0.1) is 6.92 Å². The highest BCUT2D eigenvalue weighted by Crippen LogP contribution is 2.26. The minimum absolute atomic E-state index is 0.0240. The predicted molar refractivity (Wildman–Crippen MR) is 80.1 cm³/mol. The van der Waals surface area contributed by atoms with Crippen LogP contribution in [0.2, 0.25) is 0 Å². The average molecular weight is 284 g/mol. The minimum atomic E-state index is -0.0948. The normalized spacial score (nSPS) is 12.3. The molecule has 0 spiro atoms. The van der Waals surface area contributed by atoms with Gasteiger partial charge in [0.15, 0.2) is 0 Å². The molecule has 106 valence electrons. The van der Waals surface area contributed by atoms with Crippen LogP contribution in [0.4, 0.5) is 5.69 Å². The number of aryl methyl sites for hydroxylation is 1. The largest absolute Gasteiger partial charge is 0.383 e. The monoisotopic (exact) mass is 283 g/mol. The van der Waals surface area contributed by atoms with Gasteiger partial charge in [-0.05, 0) is 37.5 Å². The van der Waals surface area contributed by atoms with Gasteiger partial charge in [0.05, 0.1) is 12.6 Å². The van der Waals surface area contributed by atoms with Gasteiger partial charge in [0.2, 0.25) is 5.91 Å². The highest BCUT2D eigenvalue weighted by molar-refractivity contribution is 6.29. The van der Waals surface area contributed by atoms with Crippen LogP contribution in [0.1, 0.15) is 25.0 Å². The lowest BCUT2D eigenvalue weighted by Gasteiger charge is -2.30. The molecule has 1 amide bonds. The summed E-state index contributed by atoms with van der Waals surface area (Å²) in [6.45, 7) is 6.60. The van der Waals surface area contributed by atoms with Gasteiger partial charge in [-0.1, -0.05) is 19.1 Å². The van der Waals surface area contributed by atoms with Crippen molar-refractivity contribution in [2.45, 2.75) is 33.2 Å². The molecule has 3 nitrogen and oxygen atoms in total. The van der Waals surface area contributed by atoms with E-state index in [9.17, 15) is 4.79 Å². The molecule has 0 fully saturated rings. The molecule has 1 aromatic rings. The summed E-state index contributed by atoms with van der Waals surface area (Å²) in [4.78, 5) is 13.9. The van der Waals surface area contributed by atoms with Crippen LogP contribution in [-0.2, 0) is 16.0 Å². The van der Waals surface area contributed by atoms with Gasteiger partial charge in [-0.2, -0.15) is 0 Å². The van der Waals surface area contributed by atoms with E-state index >= 15 is 0 Å². The molecule has 0 aliphatic heterocycles. The van der Waals surface area contributed by atoms with Crippen molar-refractivity contribution in [3.05, 3.63) is 29.3 Å². The summed E-state index contributed by atoms with van der Waals surface area (Å²) in [6.07, 6.45) is 0.946. The Labute approximate surface area is 120 Å². The number of ether oxygens (including phenoxy) is 1. The van der Waals surface area contributed by atoms with Crippen LogP contribution in [0.3, 0.4) is 0 Å². The number of hydrogen-bond acceptors (Lipinski definition) is 2. The molecular weight excluding hydrogens is 262 g/mol. The fraction of sp³-hybridized carbons (Fsp3) is 0.533. The van der Waals surface area contributed by atoms with E-state index in [0.717, 1.165) is 17.7 Å². The fourth-order valence-electron chi connectivity index (χ4n) is 2.31. The summed E-state index contributed by atoms with van der Waals surface area (Å²) in [7, 11) is 1.63. The Morgan fingerprint density at radius 1 is 1.47 bits per heavy atom. The number of rotatable bonds is 6. The maximum atomic E-state index is 12.1. The zero-order valence-corrected chi connectivity index (χ0v) is 12.8. The molecule has 0 radical (unpaired) electrons. The number of amides is 1. The molecule has 1 aromatic carbocycles. The van der Waals surface area contributed by atoms with Crippen molar-refractivity contribution in [1.29, 1.82) is 0 Å². The minimum Gasteiger partial charge on any atom is -0.383 e. The van der Waals surface area contributed by atoms with Crippen molar-refractivity contribution in [3.8, 4) is 0 Å². The molecule has 0 N–H and O–H groups in total. The van der Waals surface area contributed by atoms with Crippen molar-refractivity contribution in [2.75, 3.05) is 24.5 Å². The first-order valence-corrected chi connectivity index (χ1v) is 7.05. The van der Waals surface area contributed by atoms with Gasteiger partial charge < -0.3 is 9.64 Å². The first kappa shape index (κ1) is 16.0. The second-order valence-corrected chi connectivity index (χ2v) is 4.88. The molecule has 0 bridgehead atoms. The summed E-state index contributed by atoms with van der Waals surface area (Å²) in [5.41, 5.74) is 3.30. The van der Waals surface area contributed by atoms with Crippen LogP contribution in [0.5, 0.6) is 0 Å². The molecule has 0 aliphatic rings. The van der Waals surface area contributed by atoms with Gasteiger partial charge >= 0.3 is 0 Å². The second-order valence-electron chi connectivity index (χ2n) is 4.62. The van der Waals surface area contributed by atoms with E-state index in [4.69, 9.17) is 16.3 Å². The smallest absolute Gasteiger partial charge is 0.242 e. The van der Waals surface area contributed by atoms with E-state index in [-0.39, 0.29) is 17.8 Å². The Morgan fingerprint density at radius 3 is 2.68 bits per heavy atom. The number of carbonyl (C=O) groups is 1. The van der Waals surface area contributed by atoms with E-state index < -0.39 is 0 Å². The number of benzene rings is 1. The number of carbonyl (C=O) groups excluding carboxylic acids is 1. The zero-order chi connectivity index (χ0) is 14.4. The third-order valence-electron chi connectivity index (χ3n) is 3.29. The Bertz CT molecular complexity index is 434. The van der Waals surface area contributed by atoms with Crippen LogP contribution >= 0.6 is 11.6 Å². The van der Waals surface area contributed by atoms with E-state index in [1.165, 1.54) is 5.56 Å². The van der Waals surface area contributed by atoms with E-state index in [1.54, 1.807) is 12.0 Å². The van der Waals surface area contributed by atoms with Gasteiger partial charge in [0.1, 0.15) is 5.88 Å². The molecule has 0 heterocycles. The van der Waals surface area contributed by atoms with Crippen molar-refractivity contribution in [2.24, 2.45) is 0 Å². The van der Waals surface area contributed by atoms with Crippen LogP contribution < -0.4 is 4.90 Å². The van der Waals surface area contributed by atoms with Crippen molar-refractivity contribution in [3.63, 3.8) is 0 Å². The van der Waals surface area contributed by atoms with Crippen molar-refractivity contribution in [1.82, 2.24) is 0 Å². The first-order valence-electron chi connectivity index (χ1n) is 6.52. The zero-order valence-electron chi connectivity index (χ0n) is 12.1. The quantitative estimate of drug-likeness (QED) is 0.751. The highest BCUT2D eigenvalue weighted by atomic mass is 35.5. The summed E-state index contributed by atoms with van der Waals surface area (Å²) in [5.74, 6) is -0.119. The Morgan fingerprint density at radius 2 is 2.16 bits per heavy atom. The highest BCUT2D eigenvalue weighted by Gasteiger charge is 2.23. The molecule has 1 rings (SSSR count). The molecule has 0 aromatic heterocycles. The van der Waals surface area contributed by atoms with Gasteiger partial charge in [0.25, 0.3) is 0 Å². The predicted octanol–water partition coefficient (Wildman–Crippen LogP) is 3.16. The number of alkyl halides is 1. The van der Waals surface area contributed by atoms with Crippen LogP contribution in [0.25, 0.3) is 0 Å². The number of hydrogen-bond donors (Lipinski definition) is 0. The molecule has 0 aliphatic carbocycles. The molecule has 0 saturated carbocycles. The number of methoxy groups -OCH3 is 1. The topological polar surface area (TPSA) is 29.5 Å².